The van der Waals surface area contributed by atoms with Gasteiger partial charge >= 0.3 is 0 Å². The van der Waals surface area contributed by atoms with Crippen LogP contribution in [0.3, 0.4) is 0 Å². The molecule has 20 heavy (non-hydrogen) atoms. The van der Waals surface area contributed by atoms with Crippen LogP contribution in [-0.4, -0.2) is 47.8 Å². The summed E-state index contributed by atoms with van der Waals surface area (Å²) in [5, 5.41) is 4.10. The third kappa shape index (κ3) is 3.19. The van der Waals surface area contributed by atoms with Crippen LogP contribution in [0.1, 0.15) is 51.4 Å². The van der Waals surface area contributed by atoms with E-state index in [1.54, 1.807) is 0 Å². The third-order valence-electron chi connectivity index (χ3n) is 4.17. The molecule has 6 heteroatoms. The molecule has 0 radical (unpaired) electrons. The molecule has 0 aromatic carbocycles. The Hall–Kier alpha value is -0.980. The lowest BCUT2D eigenvalue weighted by atomic mass is 9.88. The van der Waals surface area contributed by atoms with Crippen molar-refractivity contribution in [3.05, 3.63) is 11.7 Å². The van der Waals surface area contributed by atoms with E-state index < -0.39 is 0 Å². The van der Waals surface area contributed by atoms with Crippen molar-refractivity contribution in [2.45, 2.75) is 45.1 Å². The molecule has 6 nitrogen and oxygen atoms in total. The van der Waals surface area contributed by atoms with E-state index in [1.165, 1.54) is 0 Å². The van der Waals surface area contributed by atoms with E-state index in [0.29, 0.717) is 18.3 Å². The monoisotopic (exact) mass is 282 g/mol. The molecule has 2 unspecified atom stereocenters. The zero-order valence-electron chi connectivity index (χ0n) is 12.8. The van der Waals surface area contributed by atoms with Gasteiger partial charge in [0.05, 0.1) is 12.0 Å². The van der Waals surface area contributed by atoms with E-state index in [4.69, 9.17) is 15.0 Å². The van der Waals surface area contributed by atoms with Crippen LogP contribution in [0.5, 0.6) is 0 Å². The summed E-state index contributed by atoms with van der Waals surface area (Å²) in [6, 6.07) is 0. The van der Waals surface area contributed by atoms with Crippen LogP contribution in [0.4, 0.5) is 0 Å². The van der Waals surface area contributed by atoms with Crippen LogP contribution in [0, 0.1) is 0 Å². The molecule has 2 N–H and O–H groups in total. The molecule has 2 atom stereocenters. The summed E-state index contributed by atoms with van der Waals surface area (Å²) in [5.74, 6) is 1.27. The third-order valence-corrected chi connectivity index (χ3v) is 4.17. The summed E-state index contributed by atoms with van der Waals surface area (Å²) in [6.07, 6.45) is 1.93. The van der Waals surface area contributed by atoms with Gasteiger partial charge in [0, 0.05) is 19.6 Å². The Morgan fingerprint density at radius 3 is 2.90 bits per heavy atom. The van der Waals surface area contributed by atoms with Gasteiger partial charge in [-0.25, -0.2) is 0 Å². The fraction of sp³-hybridized carbons (Fsp3) is 0.857. The van der Waals surface area contributed by atoms with Crippen molar-refractivity contribution in [1.29, 1.82) is 0 Å². The lowest BCUT2D eigenvalue weighted by Gasteiger charge is -2.31. The minimum absolute atomic E-state index is 0.0910. The van der Waals surface area contributed by atoms with Gasteiger partial charge in [-0.05, 0) is 26.3 Å². The summed E-state index contributed by atoms with van der Waals surface area (Å²) < 4.78 is 11.2. The Labute approximate surface area is 120 Å². The lowest BCUT2D eigenvalue weighted by Crippen LogP contribution is -2.39. The summed E-state index contributed by atoms with van der Waals surface area (Å²) in [4.78, 5) is 6.91. The molecule has 1 aliphatic heterocycles. The molecule has 1 aromatic heterocycles. The van der Waals surface area contributed by atoms with Crippen molar-refractivity contribution in [2.75, 3.05) is 32.8 Å². The Kier molecular flexibility index (Phi) is 5.12. The molecule has 0 bridgehead atoms. The average Bonchev–Trinajstić information content (AvgIpc) is 2.97. The van der Waals surface area contributed by atoms with Gasteiger partial charge in [-0.2, -0.15) is 4.98 Å². The van der Waals surface area contributed by atoms with E-state index in [1.807, 2.05) is 0 Å². The van der Waals surface area contributed by atoms with Gasteiger partial charge in [0.25, 0.3) is 0 Å². The highest BCUT2D eigenvalue weighted by atomic mass is 16.5. The molecule has 1 fully saturated rings. The van der Waals surface area contributed by atoms with Gasteiger partial charge in [-0.1, -0.05) is 19.0 Å². The summed E-state index contributed by atoms with van der Waals surface area (Å²) in [5.41, 5.74) is 5.58. The standard InChI is InChI=1S/C14H26N4O2/c1-4-6-18-7-8-19-11(9-18)12-16-13(20-17-12)14(3,5-2)10-15/h11H,4-10,15H2,1-3H3. The van der Waals surface area contributed by atoms with Crippen molar-refractivity contribution in [3.8, 4) is 0 Å². The highest BCUT2D eigenvalue weighted by molar-refractivity contribution is 5.05. The molecular formula is C14H26N4O2. The largest absolute Gasteiger partial charge is 0.367 e. The fourth-order valence-corrected chi connectivity index (χ4v) is 2.37. The highest BCUT2D eigenvalue weighted by Gasteiger charge is 2.32. The SMILES string of the molecule is CCCN1CCOC(c2noc(C(C)(CC)CN)n2)C1. The van der Waals surface area contributed by atoms with Gasteiger partial charge in [0.2, 0.25) is 11.7 Å². The molecule has 114 valence electrons. The van der Waals surface area contributed by atoms with Gasteiger partial charge in [-0.15, -0.1) is 0 Å². The van der Waals surface area contributed by atoms with E-state index >= 15 is 0 Å². The first-order valence-electron chi connectivity index (χ1n) is 7.51. The highest BCUT2D eigenvalue weighted by Crippen LogP contribution is 2.27. The molecule has 0 aliphatic carbocycles. The van der Waals surface area contributed by atoms with Gasteiger partial charge < -0.3 is 15.0 Å². The molecule has 1 aromatic rings. The van der Waals surface area contributed by atoms with Gasteiger partial charge in [-0.3, -0.25) is 4.90 Å². The van der Waals surface area contributed by atoms with Crippen LogP contribution < -0.4 is 5.73 Å². The predicted octanol–water partition coefficient (Wildman–Crippen LogP) is 1.48. The lowest BCUT2D eigenvalue weighted by molar-refractivity contribution is -0.0350. The molecule has 0 spiro atoms. The fourth-order valence-electron chi connectivity index (χ4n) is 2.37. The average molecular weight is 282 g/mol. The van der Waals surface area contributed by atoms with Gasteiger partial charge in [0.1, 0.15) is 6.10 Å². The topological polar surface area (TPSA) is 77.4 Å². The van der Waals surface area contributed by atoms with Crippen molar-refractivity contribution < 1.29 is 9.26 Å². The number of hydrogen-bond donors (Lipinski definition) is 1. The zero-order chi connectivity index (χ0) is 14.6. The number of hydrogen-bond acceptors (Lipinski definition) is 6. The second kappa shape index (κ2) is 6.65. The van der Waals surface area contributed by atoms with Crippen molar-refractivity contribution in [1.82, 2.24) is 15.0 Å². The quantitative estimate of drug-likeness (QED) is 0.851. The molecular weight excluding hydrogens is 256 g/mol. The number of aromatic nitrogens is 2. The van der Waals surface area contributed by atoms with Crippen molar-refractivity contribution in [2.24, 2.45) is 5.73 Å². The minimum atomic E-state index is -0.247. The smallest absolute Gasteiger partial charge is 0.233 e. The Balaban J connectivity index is 2.08. The maximum Gasteiger partial charge on any atom is 0.233 e. The van der Waals surface area contributed by atoms with Crippen LogP contribution in [-0.2, 0) is 10.2 Å². The molecule has 2 rings (SSSR count). The van der Waals surface area contributed by atoms with Crippen molar-refractivity contribution in [3.63, 3.8) is 0 Å². The van der Waals surface area contributed by atoms with E-state index in [9.17, 15) is 0 Å². The van der Waals surface area contributed by atoms with Crippen LogP contribution in [0.2, 0.25) is 0 Å². The number of ether oxygens (including phenoxy) is 1. The number of nitrogens with zero attached hydrogens (tertiary/aromatic N) is 3. The Bertz CT molecular complexity index is 415. The number of morpholine rings is 1. The number of nitrogens with two attached hydrogens (primary N) is 1. The van der Waals surface area contributed by atoms with Crippen LogP contribution in [0.25, 0.3) is 0 Å². The first-order valence-corrected chi connectivity index (χ1v) is 7.51. The minimum Gasteiger partial charge on any atom is -0.367 e. The zero-order valence-corrected chi connectivity index (χ0v) is 12.8. The van der Waals surface area contributed by atoms with E-state index in [-0.39, 0.29) is 11.5 Å². The molecule has 1 aliphatic rings. The van der Waals surface area contributed by atoms with Gasteiger partial charge in [0.15, 0.2) is 0 Å². The normalized spacial score (nSPS) is 23.7. The first-order chi connectivity index (χ1) is 9.62. The Morgan fingerprint density at radius 2 is 2.25 bits per heavy atom. The number of rotatable bonds is 6. The predicted molar refractivity (Wildman–Crippen MR) is 76.4 cm³/mol. The maximum atomic E-state index is 5.83. The van der Waals surface area contributed by atoms with E-state index in [0.717, 1.165) is 39.1 Å². The second-order valence-electron chi connectivity index (χ2n) is 5.74. The Morgan fingerprint density at radius 1 is 1.45 bits per heavy atom. The first kappa shape index (κ1) is 15.4. The maximum absolute atomic E-state index is 5.83. The summed E-state index contributed by atoms with van der Waals surface area (Å²) >= 11 is 0. The summed E-state index contributed by atoms with van der Waals surface area (Å²) in [6.45, 7) is 10.4. The molecule has 2 heterocycles. The van der Waals surface area contributed by atoms with E-state index in [2.05, 4.69) is 35.8 Å². The summed E-state index contributed by atoms with van der Waals surface area (Å²) in [7, 11) is 0. The second-order valence-corrected chi connectivity index (χ2v) is 5.74. The molecule has 1 saturated heterocycles. The molecule has 0 saturated carbocycles. The van der Waals surface area contributed by atoms with Crippen LogP contribution in [0.15, 0.2) is 4.52 Å². The van der Waals surface area contributed by atoms with Crippen molar-refractivity contribution >= 4 is 0 Å². The molecule has 0 amide bonds. The van der Waals surface area contributed by atoms with Crippen LogP contribution >= 0.6 is 0 Å².